The average Bonchev–Trinajstić information content (AvgIpc) is 1.98. The molecule has 0 aromatic heterocycles. The topological polar surface area (TPSA) is 61.4 Å². The van der Waals surface area contributed by atoms with Crippen molar-refractivity contribution in [3.05, 3.63) is 0 Å². The van der Waals surface area contributed by atoms with Crippen LogP contribution in [0.2, 0.25) is 0 Å². The van der Waals surface area contributed by atoms with E-state index in [2.05, 4.69) is 10.6 Å². The first-order chi connectivity index (χ1) is 7.20. The van der Waals surface area contributed by atoms with Crippen LogP contribution in [-0.2, 0) is 9.59 Å². The third-order valence-electron chi connectivity index (χ3n) is 1.72. The van der Waals surface area contributed by atoms with Crippen LogP contribution in [-0.4, -0.2) is 49.4 Å². The Morgan fingerprint density at radius 2 is 1.69 bits per heavy atom. The number of rotatable bonds is 5. The maximum atomic E-state index is 11.4. The van der Waals surface area contributed by atoms with Crippen molar-refractivity contribution in [1.82, 2.24) is 15.5 Å². The van der Waals surface area contributed by atoms with E-state index >= 15 is 0 Å². The third-order valence-corrected chi connectivity index (χ3v) is 1.72. The summed E-state index contributed by atoms with van der Waals surface area (Å²) < 4.78 is 0. The molecule has 16 heavy (non-hydrogen) atoms. The molecule has 0 saturated heterocycles. The number of carbonyl (C=O) groups is 2. The van der Waals surface area contributed by atoms with E-state index in [-0.39, 0.29) is 23.8 Å². The minimum atomic E-state index is -0.291. The summed E-state index contributed by atoms with van der Waals surface area (Å²) in [5.41, 5.74) is -0.291. The van der Waals surface area contributed by atoms with Crippen LogP contribution in [0.1, 0.15) is 27.2 Å². The highest BCUT2D eigenvalue weighted by Gasteiger charge is 2.16. The maximum absolute atomic E-state index is 11.4. The van der Waals surface area contributed by atoms with Gasteiger partial charge in [0.05, 0.1) is 0 Å². The predicted octanol–water partition coefficient (Wildman–Crippen LogP) is -0.0310. The fourth-order valence-corrected chi connectivity index (χ4v) is 1.09. The lowest BCUT2D eigenvalue weighted by molar-refractivity contribution is -0.130. The van der Waals surface area contributed by atoms with Gasteiger partial charge in [-0.1, -0.05) is 0 Å². The molecule has 0 aromatic carbocycles. The molecule has 0 spiro atoms. The number of likely N-dealkylation sites (N-methyl/N-ethyl adjacent to an activating group) is 1. The van der Waals surface area contributed by atoms with Crippen molar-refractivity contribution in [2.75, 3.05) is 27.2 Å². The predicted molar refractivity (Wildman–Crippen MR) is 64.1 cm³/mol. The first-order valence-electron chi connectivity index (χ1n) is 5.43. The normalized spacial score (nSPS) is 11.4. The molecule has 0 aromatic rings. The second-order valence-electron chi connectivity index (χ2n) is 5.13. The quantitative estimate of drug-likeness (QED) is 0.651. The van der Waals surface area contributed by atoms with Crippen LogP contribution in [0.4, 0.5) is 0 Å². The molecule has 0 heterocycles. The lowest BCUT2D eigenvalue weighted by Gasteiger charge is -2.20. The molecule has 0 atom stereocenters. The van der Waals surface area contributed by atoms with Crippen LogP contribution in [0.15, 0.2) is 0 Å². The molecule has 5 nitrogen and oxygen atoms in total. The Morgan fingerprint density at radius 3 is 2.12 bits per heavy atom. The molecular formula is C11H23N3O2. The molecule has 5 heteroatoms. The van der Waals surface area contributed by atoms with Crippen molar-refractivity contribution in [2.45, 2.75) is 32.7 Å². The fourth-order valence-electron chi connectivity index (χ4n) is 1.09. The van der Waals surface area contributed by atoms with Gasteiger partial charge >= 0.3 is 0 Å². The van der Waals surface area contributed by atoms with Gasteiger partial charge in [-0.05, 0) is 34.9 Å². The van der Waals surface area contributed by atoms with Gasteiger partial charge in [-0.25, -0.2) is 0 Å². The molecule has 0 aliphatic carbocycles. The Morgan fingerprint density at radius 1 is 1.12 bits per heavy atom. The van der Waals surface area contributed by atoms with Gasteiger partial charge in [0.2, 0.25) is 11.8 Å². The molecule has 2 N–H and O–H groups in total. The zero-order valence-corrected chi connectivity index (χ0v) is 10.9. The summed E-state index contributed by atoms with van der Waals surface area (Å²) in [5.74, 6) is -0.474. The smallest absolute Gasteiger partial charge is 0.229 e. The van der Waals surface area contributed by atoms with Gasteiger partial charge in [0, 0.05) is 18.6 Å². The van der Waals surface area contributed by atoms with Gasteiger partial charge < -0.3 is 15.5 Å². The number of nitrogens with one attached hydrogen (secondary N) is 2. The summed E-state index contributed by atoms with van der Waals surface area (Å²) in [6, 6.07) is 0. The fraction of sp³-hybridized carbons (Fsp3) is 0.818. The summed E-state index contributed by atoms with van der Waals surface area (Å²) in [5, 5.41) is 5.43. The second-order valence-corrected chi connectivity index (χ2v) is 5.13. The molecule has 0 unspecified atom stereocenters. The number of hydrogen-bond donors (Lipinski definition) is 2. The van der Waals surface area contributed by atoms with Crippen LogP contribution < -0.4 is 10.6 Å². The minimum Gasteiger partial charge on any atom is -0.354 e. The molecule has 0 aliphatic rings. The van der Waals surface area contributed by atoms with Gasteiger partial charge in [0.1, 0.15) is 6.42 Å². The van der Waals surface area contributed by atoms with Gasteiger partial charge in [-0.15, -0.1) is 0 Å². The summed E-state index contributed by atoms with van der Waals surface area (Å²) in [6.45, 7) is 6.99. The molecule has 0 fully saturated rings. The first kappa shape index (κ1) is 14.9. The van der Waals surface area contributed by atoms with Crippen molar-refractivity contribution < 1.29 is 9.59 Å². The average molecular weight is 229 g/mol. The Labute approximate surface area is 97.6 Å². The van der Waals surface area contributed by atoms with Crippen molar-refractivity contribution >= 4 is 11.8 Å². The van der Waals surface area contributed by atoms with Crippen LogP contribution in [0, 0.1) is 0 Å². The van der Waals surface area contributed by atoms with E-state index in [4.69, 9.17) is 0 Å². The molecule has 0 bridgehead atoms. The largest absolute Gasteiger partial charge is 0.354 e. The van der Waals surface area contributed by atoms with Crippen molar-refractivity contribution in [1.29, 1.82) is 0 Å². The highest BCUT2D eigenvalue weighted by atomic mass is 16.2. The summed E-state index contributed by atoms with van der Waals surface area (Å²) in [7, 11) is 3.86. The van der Waals surface area contributed by atoms with Crippen LogP contribution in [0.25, 0.3) is 0 Å². The van der Waals surface area contributed by atoms with Gasteiger partial charge in [-0.3, -0.25) is 9.59 Å². The zero-order chi connectivity index (χ0) is 12.8. The third kappa shape index (κ3) is 9.45. The van der Waals surface area contributed by atoms with E-state index in [0.29, 0.717) is 6.54 Å². The molecular weight excluding hydrogens is 206 g/mol. The molecule has 94 valence electrons. The number of nitrogens with zero attached hydrogens (tertiary/aromatic N) is 1. The van der Waals surface area contributed by atoms with Crippen molar-refractivity contribution in [3.63, 3.8) is 0 Å². The maximum Gasteiger partial charge on any atom is 0.229 e. The zero-order valence-electron chi connectivity index (χ0n) is 10.9. The lowest BCUT2D eigenvalue weighted by Crippen LogP contribution is -2.43. The summed E-state index contributed by atoms with van der Waals surface area (Å²) in [6.07, 6.45) is -0.106. The minimum absolute atomic E-state index is 0.106. The van der Waals surface area contributed by atoms with E-state index in [1.807, 2.05) is 39.8 Å². The van der Waals surface area contributed by atoms with Crippen LogP contribution >= 0.6 is 0 Å². The SMILES string of the molecule is CN(C)CCNC(=O)CC(=O)NC(C)(C)C. The first-order valence-corrected chi connectivity index (χ1v) is 5.43. The van der Waals surface area contributed by atoms with Crippen molar-refractivity contribution in [3.8, 4) is 0 Å². The molecule has 2 amide bonds. The Balaban J connectivity index is 3.75. The molecule has 0 saturated carbocycles. The second kappa shape index (κ2) is 6.48. The Hall–Kier alpha value is -1.10. The van der Waals surface area contributed by atoms with Gasteiger partial charge in [0.15, 0.2) is 0 Å². The summed E-state index contributed by atoms with van der Waals surface area (Å²) in [4.78, 5) is 24.7. The lowest BCUT2D eigenvalue weighted by atomic mass is 10.1. The van der Waals surface area contributed by atoms with E-state index in [1.165, 1.54) is 0 Å². The monoisotopic (exact) mass is 229 g/mol. The standard InChI is InChI=1S/C11H23N3O2/c1-11(2,3)13-10(16)8-9(15)12-6-7-14(4)5/h6-8H2,1-5H3,(H,12,15)(H,13,16). The summed E-state index contributed by atoms with van der Waals surface area (Å²) >= 11 is 0. The van der Waals surface area contributed by atoms with E-state index < -0.39 is 0 Å². The van der Waals surface area contributed by atoms with Crippen LogP contribution in [0.3, 0.4) is 0 Å². The molecule has 0 radical (unpaired) electrons. The van der Waals surface area contributed by atoms with Crippen molar-refractivity contribution in [2.24, 2.45) is 0 Å². The number of amides is 2. The van der Waals surface area contributed by atoms with E-state index in [1.54, 1.807) is 0 Å². The molecule has 0 aliphatic heterocycles. The molecule has 0 rings (SSSR count). The Bertz CT molecular complexity index is 244. The van der Waals surface area contributed by atoms with E-state index in [0.717, 1.165) is 6.54 Å². The van der Waals surface area contributed by atoms with Gasteiger partial charge in [-0.2, -0.15) is 0 Å². The van der Waals surface area contributed by atoms with Crippen LogP contribution in [0.5, 0.6) is 0 Å². The van der Waals surface area contributed by atoms with Gasteiger partial charge in [0.25, 0.3) is 0 Å². The number of carbonyl (C=O) groups excluding carboxylic acids is 2. The highest BCUT2D eigenvalue weighted by Crippen LogP contribution is 1.98. The number of hydrogen-bond acceptors (Lipinski definition) is 3. The van der Waals surface area contributed by atoms with E-state index in [9.17, 15) is 9.59 Å². The highest BCUT2D eigenvalue weighted by molar-refractivity contribution is 5.97. The Kier molecular flexibility index (Phi) is 6.03.